The molecule has 0 N–H and O–H groups in total. The van der Waals surface area contributed by atoms with Crippen LogP contribution in [-0.2, 0) is 6.42 Å². The van der Waals surface area contributed by atoms with E-state index >= 15 is 0 Å². The van der Waals surface area contributed by atoms with E-state index in [1.165, 1.54) is 27.8 Å². The molecule has 0 aliphatic heterocycles. The summed E-state index contributed by atoms with van der Waals surface area (Å²) >= 11 is 0. The van der Waals surface area contributed by atoms with Gasteiger partial charge in [-0.05, 0) is 57.5 Å². The van der Waals surface area contributed by atoms with Crippen LogP contribution in [0.25, 0.3) is 56.2 Å². The summed E-state index contributed by atoms with van der Waals surface area (Å²) in [5.74, 6) is 0.708. The molecule has 1 aliphatic carbocycles. The van der Waals surface area contributed by atoms with Crippen molar-refractivity contribution in [1.29, 1.82) is 0 Å². The smallest absolute Gasteiger partial charge is 0.160 e. The van der Waals surface area contributed by atoms with Gasteiger partial charge in [0.15, 0.2) is 5.82 Å². The minimum atomic E-state index is 0.708. The minimum Gasteiger partial charge on any atom is -0.228 e. The van der Waals surface area contributed by atoms with E-state index in [2.05, 4.69) is 128 Å². The van der Waals surface area contributed by atoms with Crippen LogP contribution in [0.3, 0.4) is 0 Å². The molecule has 0 unspecified atom stereocenters. The maximum Gasteiger partial charge on any atom is 0.160 e. The lowest BCUT2D eigenvalue weighted by molar-refractivity contribution is 1.18. The van der Waals surface area contributed by atoms with Crippen molar-refractivity contribution in [2.45, 2.75) is 6.42 Å². The van der Waals surface area contributed by atoms with E-state index in [1.807, 2.05) is 36.4 Å². The Kier molecular flexibility index (Phi) is 7.17. The van der Waals surface area contributed by atoms with Crippen LogP contribution in [-0.4, -0.2) is 9.97 Å². The minimum absolute atomic E-state index is 0.708. The molecule has 1 heterocycles. The first-order valence-electron chi connectivity index (χ1n) is 14.6. The molecule has 2 heteroatoms. The zero-order valence-electron chi connectivity index (χ0n) is 23.8. The zero-order valence-corrected chi connectivity index (χ0v) is 23.8. The van der Waals surface area contributed by atoms with E-state index in [0.29, 0.717) is 5.82 Å². The van der Waals surface area contributed by atoms with Gasteiger partial charge in [-0.15, -0.1) is 0 Å². The molecule has 5 aromatic carbocycles. The van der Waals surface area contributed by atoms with Crippen molar-refractivity contribution in [2.75, 3.05) is 0 Å². The van der Waals surface area contributed by atoms with Crippen LogP contribution in [0.5, 0.6) is 0 Å². The first-order chi connectivity index (χ1) is 21.2. The molecule has 2 nitrogen and oxygen atoms in total. The van der Waals surface area contributed by atoms with Crippen molar-refractivity contribution in [2.24, 2.45) is 0 Å². The van der Waals surface area contributed by atoms with Crippen LogP contribution < -0.4 is 0 Å². The molecule has 6 aromatic rings. The van der Waals surface area contributed by atoms with Gasteiger partial charge >= 0.3 is 0 Å². The number of benzene rings is 5. The Bertz CT molecular complexity index is 1930. The van der Waals surface area contributed by atoms with Gasteiger partial charge in [0, 0.05) is 16.7 Å². The quantitative estimate of drug-likeness (QED) is 0.213. The summed E-state index contributed by atoms with van der Waals surface area (Å²) < 4.78 is 0. The van der Waals surface area contributed by atoms with E-state index in [0.717, 1.165) is 45.6 Å². The normalized spacial score (nSPS) is 14.6. The number of hydrogen-bond donors (Lipinski definition) is 0. The second-order valence-electron chi connectivity index (χ2n) is 10.7. The van der Waals surface area contributed by atoms with Crippen molar-refractivity contribution in [1.82, 2.24) is 9.97 Å². The second-order valence-corrected chi connectivity index (χ2v) is 10.7. The Morgan fingerprint density at radius 2 is 1.12 bits per heavy atom. The van der Waals surface area contributed by atoms with Crippen LogP contribution in [0.1, 0.15) is 16.7 Å². The van der Waals surface area contributed by atoms with Gasteiger partial charge in [0.25, 0.3) is 0 Å². The van der Waals surface area contributed by atoms with Gasteiger partial charge in [-0.1, -0.05) is 152 Å². The van der Waals surface area contributed by atoms with Crippen LogP contribution in [0.2, 0.25) is 0 Å². The third-order valence-electron chi connectivity index (χ3n) is 7.89. The van der Waals surface area contributed by atoms with Gasteiger partial charge in [-0.25, -0.2) is 9.97 Å². The molecular weight excluding hydrogens is 520 g/mol. The SMILES string of the molecule is C=C1/C=C\C=C(\c2cccc(-c3ccccc3)c2)Cc2cccc(-c3cc(-c4ccccc4)nc(-c4ccccc4)n3)c21. The predicted octanol–water partition coefficient (Wildman–Crippen LogP) is 10.4. The topological polar surface area (TPSA) is 25.8 Å². The first-order valence-corrected chi connectivity index (χ1v) is 14.6. The van der Waals surface area contributed by atoms with Gasteiger partial charge in [-0.3, -0.25) is 0 Å². The molecule has 1 aromatic heterocycles. The molecular formula is C41H30N2. The Morgan fingerprint density at radius 3 is 1.86 bits per heavy atom. The summed E-state index contributed by atoms with van der Waals surface area (Å²) in [6.07, 6.45) is 7.24. The Morgan fingerprint density at radius 1 is 0.512 bits per heavy atom. The summed E-state index contributed by atoms with van der Waals surface area (Å²) in [6, 6.07) is 48.5. The third-order valence-corrected chi connectivity index (χ3v) is 7.89. The Balaban J connectivity index is 1.34. The lowest BCUT2D eigenvalue weighted by Gasteiger charge is -2.19. The van der Waals surface area contributed by atoms with Gasteiger partial charge in [-0.2, -0.15) is 0 Å². The monoisotopic (exact) mass is 550 g/mol. The number of hydrogen-bond acceptors (Lipinski definition) is 2. The van der Waals surface area contributed by atoms with E-state index in [-0.39, 0.29) is 0 Å². The summed E-state index contributed by atoms with van der Waals surface area (Å²) in [7, 11) is 0. The van der Waals surface area contributed by atoms with Crippen LogP contribution >= 0.6 is 0 Å². The molecule has 0 saturated carbocycles. The van der Waals surface area contributed by atoms with Crippen LogP contribution in [0.4, 0.5) is 0 Å². The lowest BCUT2D eigenvalue weighted by atomic mass is 9.86. The highest BCUT2D eigenvalue weighted by Gasteiger charge is 2.18. The van der Waals surface area contributed by atoms with Crippen LogP contribution in [0.15, 0.2) is 164 Å². The molecule has 0 spiro atoms. The molecule has 0 fully saturated rings. The lowest BCUT2D eigenvalue weighted by Crippen LogP contribution is -2.02. The highest BCUT2D eigenvalue weighted by molar-refractivity contribution is 5.89. The maximum atomic E-state index is 5.13. The predicted molar refractivity (Wildman–Crippen MR) is 180 cm³/mol. The first kappa shape index (κ1) is 26.3. The summed E-state index contributed by atoms with van der Waals surface area (Å²) in [5, 5.41) is 0. The molecule has 7 rings (SSSR count). The molecule has 1 aliphatic rings. The highest BCUT2D eigenvalue weighted by atomic mass is 14.9. The van der Waals surface area contributed by atoms with Gasteiger partial charge < -0.3 is 0 Å². The average molecular weight is 551 g/mol. The highest BCUT2D eigenvalue weighted by Crippen LogP contribution is 2.37. The van der Waals surface area contributed by atoms with Crippen molar-refractivity contribution in [3.63, 3.8) is 0 Å². The second kappa shape index (κ2) is 11.7. The molecule has 0 amide bonds. The Labute approximate surface area is 253 Å². The fourth-order valence-corrected chi connectivity index (χ4v) is 5.75. The van der Waals surface area contributed by atoms with Crippen molar-refractivity contribution in [3.8, 4) is 45.0 Å². The molecule has 0 atom stereocenters. The summed E-state index contributed by atoms with van der Waals surface area (Å²) in [6.45, 7) is 4.50. The molecule has 0 radical (unpaired) electrons. The zero-order chi connectivity index (χ0) is 29.0. The number of aromatic nitrogens is 2. The number of allylic oxidation sites excluding steroid dienone is 5. The molecule has 0 bridgehead atoms. The molecule has 204 valence electrons. The molecule has 0 saturated heterocycles. The van der Waals surface area contributed by atoms with E-state index in [1.54, 1.807) is 0 Å². The van der Waals surface area contributed by atoms with Gasteiger partial charge in [0.2, 0.25) is 0 Å². The maximum absolute atomic E-state index is 5.13. The standard InChI is InChI=1S/C41H30N2/c1-29-14-11-21-35(34-23-12-22-33(26-34)30-15-5-2-6-16-30)27-36-24-13-25-37(40(29)36)39-28-38(31-17-7-3-8-18-31)42-41(43-39)32-19-9-4-10-20-32/h2-26,28H,1,27H2/b14-11-,35-21+. The largest absolute Gasteiger partial charge is 0.228 e. The Hall–Kier alpha value is -5.60. The van der Waals surface area contributed by atoms with E-state index < -0.39 is 0 Å². The summed E-state index contributed by atoms with van der Waals surface area (Å²) in [4.78, 5) is 10.1. The number of nitrogens with zero attached hydrogens (tertiary/aromatic N) is 2. The molecule has 43 heavy (non-hydrogen) atoms. The van der Waals surface area contributed by atoms with Gasteiger partial charge in [0.05, 0.1) is 11.4 Å². The van der Waals surface area contributed by atoms with Gasteiger partial charge in [0.1, 0.15) is 0 Å². The van der Waals surface area contributed by atoms with E-state index in [9.17, 15) is 0 Å². The van der Waals surface area contributed by atoms with Crippen molar-refractivity contribution < 1.29 is 0 Å². The van der Waals surface area contributed by atoms with E-state index in [4.69, 9.17) is 9.97 Å². The van der Waals surface area contributed by atoms with Crippen LogP contribution in [0, 0.1) is 0 Å². The average Bonchev–Trinajstić information content (AvgIpc) is 3.08. The number of rotatable bonds is 5. The fraction of sp³-hybridized carbons (Fsp3) is 0.0244. The number of fused-ring (bicyclic) bond motifs is 1. The third kappa shape index (κ3) is 5.51. The summed E-state index contributed by atoms with van der Waals surface area (Å²) in [5.41, 5.74) is 13.1. The van der Waals surface area contributed by atoms with Crippen molar-refractivity contribution >= 4 is 11.1 Å². The van der Waals surface area contributed by atoms with Crippen molar-refractivity contribution in [3.05, 3.63) is 181 Å². The fourth-order valence-electron chi connectivity index (χ4n) is 5.75.